The van der Waals surface area contributed by atoms with Crippen molar-refractivity contribution < 1.29 is 23.5 Å². The van der Waals surface area contributed by atoms with Gasteiger partial charge >= 0.3 is 6.09 Å². The normalized spacial score (nSPS) is 25.7. The zero-order valence-corrected chi connectivity index (χ0v) is 16.8. The molecule has 3 heterocycles. The van der Waals surface area contributed by atoms with Gasteiger partial charge in [0, 0.05) is 44.5 Å². The summed E-state index contributed by atoms with van der Waals surface area (Å²) in [7, 11) is 0. The van der Waals surface area contributed by atoms with Gasteiger partial charge in [0.05, 0.1) is 11.1 Å². The molecule has 8 heteroatoms. The van der Waals surface area contributed by atoms with Crippen molar-refractivity contribution in [3.05, 3.63) is 23.5 Å². The highest BCUT2D eigenvalue weighted by Gasteiger charge is 2.50. The van der Waals surface area contributed by atoms with Gasteiger partial charge in [0.15, 0.2) is 5.82 Å². The first-order chi connectivity index (χ1) is 13.9. The summed E-state index contributed by atoms with van der Waals surface area (Å²) in [5, 5.41) is 0. The lowest BCUT2D eigenvalue weighted by Crippen LogP contribution is -2.50. The van der Waals surface area contributed by atoms with Crippen LogP contribution in [0.4, 0.5) is 14.9 Å². The highest BCUT2D eigenvalue weighted by atomic mass is 19.1. The maximum Gasteiger partial charge on any atom is 0.409 e. The topological polar surface area (TPSA) is 85.1 Å². The van der Waals surface area contributed by atoms with Crippen molar-refractivity contribution in [1.29, 1.82) is 0 Å². The first-order valence-corrected chi connectivity index (χ1v) is 10.3. The zero-order chi connectivity index (χ0) is 20.6. The summed E-state index contributed by atoms with van der Waals surface area (Å²) in [6, 6.07) is 3.43. The van der Waals surface area contributed by atoms with Gasteiger partial charge in [-0.05, 0) is 51.2 Å². The van der Waals surface area contributed by atoms with Crippen molar-refractivity contribution >= 4 is 17.7 Å². The minimum absolute atomic E-state index is 0.119. The van der Waals surface area contributed by atoms with Crippen LogP contribution in [0.25, 0.3) is 0 Å². The van der Waals surface area contributed by atoms with Gasteiger partial charge in [-0.2, -0.15) is 0 Å². The Morgan fingerprint density at radius 3 is 2.76 bits per heavy atom. The molecule has 158 valence electrons. The number of nitrogens with zero attached hydrogens (tertiary/aromatic N) is 2. The number of hydrogen-bond donors (Lipinski definition) is 1. The van der Waals surface area contributed by atoms with Gasteiger partial charge in [-0.1, -0.05) is 0 Å². The van der Waals surface area contributed by atoms with Crippen molar-refractivity contribution in [3.8, 4) is 5.75 Å². The number of primary amides is 1. The summed E-state index contributed by atoms with van der Waals surface area (Å²) in [5.74, 6) is -0.111. The van der Waals surface area contributed by atoms with E-state index in [1.807, 2.05) is 9.80 Å². The molecule has 1 atom stereocenters. The predicted octanol–water partition coefficient (Wildman–Crippen LogP) is 2.59. The molecule has 0 saturated carbocycles. The van der Waals surface area contributed by atoms with Crippen LogP contribution in [0.5, 0.6) is 5.75 Å². The maximum absolute atomic E-state index is 15.1. The molecule has 2 amide bonds. The average molecular weight is 405 g/mol. The SMILES string of the molecule is Cc1c(OC(N)=O)ccc(N2CCC[C@@]3(CCN(C4CCOCC4)C3=O)C2)c1F. The van der Waals surface area contributed by atoms with Crippen molar-refractivity contribution in [3.63, 3.8) is 0 Å². The summed E-state index contributed by atoms with van der Waals surface area (Å²) >= 11 is 0. The van der Waals surface area contributed by atoms with Crippen LogP contribution in [0.3, 0.4) is 0 Å². The molecule has 0 unspecified atom stereocenters. The van der Waals surface area contributed by atoms with E-state index in [1.54, 1.807) is 19.1 Å². The number of halogens is 1. The second kappa shape index (κ2) is 7.82. The van der Waals surface area contributed by atoms with Crippen LogP contribution in [-0.2, 0) is 9.53 Å². The Morgan fingerprint density at radius 2 is 2.03 bits per heavy atom. The van der Waals surface area contributed by atoms with Gasteiger partial charge in [-0.15, -0.1) is 0 Å². The lowest BCUT2D eigenvalue weighted by Gasteiger charge is -2.41. The fourth-order valence-corrected chi connectivity index (χ4v) is 5.03. The molecule has 3 aliphatic heterocycles. The van der Waals surface area contributed by atoms with E-state index in [2.05, 4.69) is 0 Å². The molecular weight excluding hydrogens is 377 g/mol. The van der Waals surface area contributed by atoms with Crippen LogP contribution in [0.15, 0.2) is 12.1 Å². The average Bonchev–Trinajstić information content (AvgIpc) is 3.02. The molecule has 3 aliphatic rings. The Hall–Kier alpha value is -2.35. The highest BCUT2D eigenvalue weighted by Crippen LogP contribution is 2.43. The van der Waals surface area contributed by atoms with Gasteiger partial charge in [-0.25, -0.2) is 9.18 Å². The first kappa shape index (κ1) is 19.9. The van der Waals surface area contributed by atoms with Crippen LogP contribution >= 0.6 is 0 Å². The number of likely N-dealkylation sites (tertiary alicyclic amines) is 1. The lowest BCUT2D eigenvalue weighted by atomic mass is 9.78. The number of carbonyl (C=O) groups is 2. The maximum atomic E-state index is 15.1. The number of anilines is 1. The molecule has 2 N–H and O–H groups in total. The van der Waals surface area contributed by atoms with Gasteiger partial charge in [0.25, 0.3) is 0 Å². The molecule has 1 aromatic carbocycles. The van der Waals surface area contributed by atoms with Gasteiger partial charge in [0.2, 0.25) is 5.91 Å². The Morgan fingerprint density at radius 1 is 1.28 bits per heavy atom. The molecule has 0 radical (unpaired) electrons. The second-order valence-corrected chi connectivity index (χ2v) is 8.34. The molecule has 1 spiro atoms. The second-order valence-electron chi connectivity index (χ2n) is 8.34. The fourth-order valence-electron chi connectivity index (χ4n) is 5.03. The Kier molecular flexibility index (Phi) is 5.38. The summed E-state index contributed by atoms with van der Waals surface area (Å²) in [4.78, 5) is 28.4. The number of piperidine rings is 1. The zero-order valence-electron chi connectivity index (χ0n) is 16.8. The third-order valence-corrected chi connectivity index (χ3v) is 6.62. The number of nitrogens with two attached hydrogens (primary N) is 1. The molecule has 0 bridgehead atoms. The summed E-state index contributed by atoms with van der Waals surface area (Å²) < 4.78 is 25.4. The van der Waals surface area contributed by atoms with Crippen molar-refractivity contribution in [2.75, 3.05) is 37.7 Å². The van der Waals surface area contributed by atoms with Crippen molar-refractivity contribution in [2.45, 2.75) is 45.1 Å². The summed E-state index contributed by atoms with van der Waals surface area (Å²) in [5.41, 5.74) is 5.28. The number of amides is 2. The van der Waals surface area contributed by atoms with Crippen LogP contribution in [0, 0.1) is 18.2 Å². The molecule has 0 aliphatic carbocycles. The van der Waals surface area contributed by atoms with E-state index in [1.165, 1.54) is 0 Å². The molecule has 7 nitrogen and oxygen atoms in total. The third kappa shape index (κ3) is 3.66. The largest absolute Gasteiger partial charge is 0.410 e. The number of ether oxygens (including phenoxy) is 2. The molecule has 1 aromatic rings. The first-order valence-electron chi connectivity index (χ1n) is 10.3. The molecule has 3 fully saturated rings. The van der Waals surface area contributed by atoms with Crippen molar-refractivity contribution in [1.82, 2.24) is 4.90 Å². The van der Waals surface area contributed by atoms with Gasteiger partial charge < -0.3 is 25.0 Å². The molecule has 0 aromatic heterocycles. The standard InChI is InChI=1S/C21H28FN3O4/c1-14-17(29-20(23)27)4-3-16(18(14)22)24-9-2-7-21(13-24)8-10-25(19(21)26)15-5-11-28-12-6-15/h3-4,15H,2,5-13H2,1H3,(H2,23,27)/t21-/m1/s1. The van der Waals surface area contributed by atoms with E-state index < -0.39 is 17.3 Å². The van der Waals surface area contributed by atoms with Crippen LogP contribution in [0.1, 0.15) is 37.7 Å². The van der Waals surface area contributed by atoms with Gasteiger partial charge in [-0.3, -0.25) is 4.79 Å². The van der Waals surface area contributed by atoms with Crippen LogP contribution in [-0.4, -0.2) is 55.8 Å². The Balaban J connectivity index is 1.53. The molecular formula is C21H28FN3O4. The third-order valence-electron chi connectivity index (χ3n) is 6.62. The minimum Gasteiger partial charge on any atom is -0.410 e. The Labute approximate surface area is 169 Å². The number of hydrogen-bond acceptors (Lipinski definition) is 5. The molecule has 3 saturated heterocycles. The lowest BCUT2D eigenvalue weighted by molar-refractivity contribution is -0.139. The summed E-state index contributed by atoms with van der Waals surface area (Å²) in [6.45, 7) is 4.95. The van der Waals surface area contributed by atoms with Crippen molar-refractivity contribution in [2.24, 2.45) is 11.1 Å². The van der Waals surface area contributed by atoms with Crippen LogP contribution in [0.2, 0.25) is 0 Å². The van der Waals surface area contributed by atoms with E-state index in [4.69, 9.17) is 15.2 Å². The number of carbonyl (C=O) groups excluding carboxylic acids is 2. The highest BCUT2D eigenvalue weighted by molar-refractivity contribution is 5.86. The van der Waals surface area contributed by atoms with E-state index in [-0.39, 0.29) is 23.3 Å². The smallest absolute Gasteiger partial charge is 0.409 e. The van der Waals surface area contributed by atoms with E-state index in [0.29, 0.717) is 32.0 Å². The monoisotopic (exact) mass is 405 g/mol. The molecule has 29 heavy (non-hydrogen) atoms. The molecule has 4 rings (SSSR count). The number of benzene rings is 1. The summed E-state index contributed by atoms with van der Waals surface area (Å²) in [6.07, 6.45) is 3.29. The quantitative estimate of drug-likeness (QED) is 0.836. The predicted molar refractivity (Wildman–Crippen MR) is 105 cm³/mol. The van der Waals surface area contributed by atoms with E-state index in [0.717, 1.165) is 38.6 Å². The minimum atomic E-state index is -0.970. The Bertz CT molecular complexity index is 811. The number of rotatable bonds is 3. The van der Waals surface area contributed by atoms with Gasteiger partial charge in [0.1, 0.15) is 5.75 Å². The fraction of sp³-hybridized carbons (Fsp3) is 0.619. The van der Waals surface area contributed by atoms with Crippen LogP contribution < -0.4 is 15.4 Å². The van der Waals surface area contributed by atoms with E-state index >= 15 is 4.39 Å². The van der Waals surface area contributed by atoms with E-state index in [9.17, 15) is 9.59 Å².